The number of benzene rings is 2. The zero-order valence-electron chi connectivity index (χ0n) is 17.9. The summed E-state index contributed by atoms with van der Waals surface area (Å²) in [5, 5.41) is 18.8. The van der Waals surface area contributed by atoms with E-state index in [2.05, 4.69) is 25.7 Å². The molecule has 9 heteroatoms. The highest BCUT2D eigenvalue weighted by Gasteiger charge is 2.29. The van der Waals surface area contributed by atoms with Crippen LogP contribution in [0.4, 0.5) is 0 Å². The standard InChI is InChI=1S/C24H23N5O4/c1-33-28-24(32)21(30)20(14-16-8-3-2-4-9-16)26-23(31)18-11-7-13-25-22(18)29-15-17-10-5-6-12-19(17)27-29/h2-13,15,20-21,30H,14H2,1H3,(H,26,31)(H,28,32). The number of hydrogen-bond acceptors (Lipinski definition) is 6. The summed E-state index contributed by atoms with van der Waals surface area (Å²) >= 11 is 0. The number of hydrogen-bond donors (Lipinski definition) is 3. The summed E-state index contributed by atoms with van der Waals surface area (Å²) in [6.07, 6.45) is 2.05. The van der Waals surface area contributed by atoms with Crippen LogP contribution in [0.1, 0.15) is 15.9 Å². The monoisotopic (exact) mass is 445 g/mol. The number of carbonyl (C=O) groups is 2. The summed E-state index contributed by atoms with van der Waals surface area (Å²) in [4.78, 5) is 34.5. The summed E-state index contributed by atoms with van der Waals surface area (Å²) < 4.78 is 1.54. The van der Waals surface area contributed by atoms with E-state index in [0.717, 1.165) is 16.5 Å². The van der Waals surface area contributed by atoms with E-state index in [0.29, 0.717) is 5.82 Å². The first-order valence-electron chi connectivity index (χ1n) is 10.3. The van der Waals surface area contributed by atoms with Gasteiger partial charge in [-0.05, 0) is 30.2 Å². The minimum Gasteiger partial charge on any atom is -0.381 e. The van der Waals surface area contributed by atoms with Crippen LogP contribution in [-0.2, 0) is 16.1 Å². The fourth-order valence-electron chi connectivity index (χ4n) is 3.53. The lowest BCUT2D eigenvalue weighted by molar-refractivity contribution is -0.141. The molecule has 0 fully saturated rings. The van der Waals surface area contributed by atoms with Crippen molar-refractivity contribution in [1.29, 1.82) is 0 Å². The Morgan fingerprint density at radius 1 is 1.06 bits per heavy atom. The van der Waals surface area contributed by atoms with Crippen LogP contribution in [-0.4, -0.2) is 50.9 Å². The third-order valence-electron chi connectivity index (χ3n) is 5.13. The lowest BCUT2D eigenvalue weighted by atomic mass is 10.00. The Morgan fingerprint density at radius 2 is 1.82 bits per heavy atom. The van der Waals surface area contributed by atoms with Crippen molar-refractivity contribution in [1.82, 2.24) is 25.6 Å². The molecular weight excluding hydrogens is 422 g/mol. The Labute approximate surface area is 190 Å². The number of nitrogens with one attached hydrogen (secondary N) is 2. The molecule has 0 saturated carbocycles. The number of amides is 2. The van der Waals surface area contributed by atoms with Crippen LogP contribution in [0, 0.1) is 0 Å². The molecule has 168 valence electrons. The third kappa shape index (κ3) is 5.05. The van der Waals surface area contributed by atoms with Gasteiger partial charge < -0.3 is 10.4 Å². The zero-order chi connectivity index (χ0) is 23.2. The van der Waals surface area contributed by atoms with Gasteiger partial charge in [0.05, 0.1) is 24.2 Å². The summed E-state index contributed by atoms with van der Waals surface area (Å²) in [5.41, 5.74) is 3.97. The molecule has 3 N–H and O–H groups in total. The Kier molecular flexibility index (Phi) is 6.72. The van der Waals surface area contributed by atoms with Crippen molar-refractivity contribution < 1.29 is 19.5 Å². The Bertz CT molecular complexity index is 1220. The predicted molar refractivity (Wildman–Crippen MR) is 121 cm³/mol. The van der Waals surface area contributed by atoms with Crippen molar-refractivity contribution >= 4 is 22.7 Å². The van der Waals surface area contributed by atoms with Gasteiger partial charge in [-0.15, -0.1) is 0 Å². The Balaban J connectivity index is 1.63. The van der Waals surface area contributed by atoms with Gasteiger partial charge in [-0.3, -0.25) is 14.4 Å². The number of aliphatic hydroxyl groups excluding tert-OH is 1. The SMILES string of the molecule is CONC(=O)C(O)C(Cc1ccccc1)NC(=O)c1cccnc1-n1cc2ccccc2n1. The fourth-order valence-corrected chi connectivity index (χ4v) is 3.53. The number of aliphatic hydroxyl groups is 1. The zero-order valence-corrected chi connectivity index (χ0v) is 17.9. The van der Waals surface area contributed by atoms with E-state index in [1.807, 2.05) is 54.6 Å². The topological polar surface area (TPSA) is 118 Å². The maximum absolute atomic E-state index is 13.3. The van der Waals surface area contributed by atoms with Crippen LogP contribution in [0.5, 0.6) is 0 Å². The van der Waals surface area contributed by atoms with Crippen molar-refractivity contribution in [3.63, 3.8) is 0 Å². The number of nitrogens with zero attached hydrogens (tertiary/aromatic N) is 3. The van der Waals surface area contributed by atoms with Crippen molar-refractivity contribution in [2.45, 2.75) is 18.6 Å². The molecule has 9 nitrogen and oxygen atoms in total. The highest BCUT2D eigenvalue weighted by Crippen LogP contribution is 2.17. The van der Waals surface area contributed by atoms with Crippen molar-refractivity contribution in [3.05, 3.63) is 90.3 Å². The molecule has 0 aliphatic heterocycles. The average Bonchev–Trinajstić information content (AvgIpc) is 3.28. The molecule has 4 rings (SSSR count). The number of rotatable bonds is 8. The quantitative estimate of drug-likeness (QED) is 0.356. The van der Waals surface area contributed by atoms with Crippen LogP contribution < -0.4 is 10.8 Å². The lowest BCUT2D eigenvalue weighted by Gasteiger charge is -2.24. The second kappa shape index (κ2) is 10.0. The maximum Gasteiger partial charge on any atom is 0.274 e. The molecular formula is C24H23N5O4. The van der Waals surface area contributed by atoms with E-state index in [1.54, 1.807) is 29.2 Å². The van der Waals surface area contributed by atoms with E-state index < -0.39 is 24.0 Å². The minimum absolute atomic E-state index is 0.228. The van der Waals surface area contributed by atoms with Crippen molar-refractivity contribution in [2.75, 3.05) is 7.11 Å². The van der Waals surface area contributed by atoms with E-state index >= 15 is 0 Å². The normalized spacial score (nSPS) is 12.8. The molecule has 2 unspecified atom stereocenters. The number of hydroxylamine groups is 1. The molecule has 2 aromatic carbocycles. The summed E-state index contributed by atoms with van der Waals surface area (Å²) in [7, 11) is 1.27. The van der Waals surface area contributed by atoms with Gasteiger partial charge in [-0.1, -0.05) is 48.5 Å². The molecule has 2 aromatic heterocycles. The van der Waals surface area contributed by atoms with Crippen LogP contribution in [0.2, 0.25) is 0 Å². The van der Waals surface area contributed by atoms with Gasteiger partial charge in [0.1, 0.15) is 0 Å². The van der Waals surface area contributed by atoms with Crippen LogP contribution >= 0.6 is 0 Å². The molecule has 2 heterocycles. The molecule has 0 aliphatic carbocycles. The summed E-state index contributed by atoms with van der Waals surface area (Å²) in [5.74, 6) is -0.924. The number of carbonyl (C=O) groups excluding carboxylic acids is 2. The lowest BCUT2D eigenvalue weighted by Crippen LogP contribution is -2.51. The first kappa shape index (κ1) is 22.1. The molecule has 2 atom stereocenters. The average molecular weight is 445 g/mol. The van der Waals surface area contributed by atoms with Gasteiger partial charge in [-0.25, -0.2) is 15.1 Å². The van der Waals surface area contributed by atoms with Crippen LogP contribution in [0.15, 0.2) is 79.1 Å². The molecule has 0 aliphatic rings. The largest absolute Gasteiger partial charge is 0.381 e. The number of aromatic nitrogens is 3. The van der Waals surface area contributed by atoms with Crippen LogP contribution in [0.3, 0.4) is 0 Å². The molecule has 4 aromatic rings. The second-order valence-corrected chi connectivity index (χ2v) is 7.39. The van der Waals surface area contributed by atoms with Gasteiger partial charge in [-0.2, -0.15) is 5.10 Å². The summed E-state index contributed by atoms with van der Waals surface area (Å²) in [6.45, 7) is 0. The van der Waals surface area contributed by atoms with E-state index in [9.17, 15) is 14.7 Å². The van der Waals surface area contributed by atoms with Gasteiger partial charge in [0.25, 0.3) is 11.8 Å². The van der Waals surface area contributed by atoms with Crippen LogP contribution in [0.25, 0.3) is 16.7 Å². The Morgan fingerprint density at radius 3 is 2.58 bits per heavy atom. The molecule has 0 spiro atoms. The molecule has 0 radical (unpaired) electrons. The van der Waals surface area contributed by atoms with Crippen molar-refractivity contribution in [2.24, 2.45) is 0 Å². The first-order chi connectivity index (χ1) is 16.1. The van der Waals surface area contributed by atoms with Gasteiger partial charge >= 0.3 is 0 Å². The molecule has 33 heavy (non-hydrogen) atoms. The molecule has 2 amide bonds. The maximum atomic E-state index is 13.3. The highest BCUT2D eigenvalue weighted by molar-refractivity contribution is 5.98. The predicted octanol–water partition coefficient (Wildman–Crippen LogP) is 1.80. The Hall–Kier alpha value is -4.08. The summed E-state index contributed by atoms with van der Waals surface area (Å²) in [6, 6.07) is 19.2. The van der Waals surface area contributed by atoms with E-state index in [1.165, 1.54) is 7.11 Å². The van der Waals surface area contributed by atoms with Gasteiger partial charge in [0.2, 0.25) is 0 Å². The second-order valence-electron chi connectivity index (χ2n) is 7.39. The minimum atomic E-state index is -1.54. The molecule has 0 bridgehead atoms. The van der Waals surface area contributed by atoms with E-state index in [4.69, 9.17) is 0 Å². The van der Waals surface area contributed by atoms with Crippen molar-refractivity contribution in [3.8, 4) is 5.82 Å². The highest BCUT2D eigenvalue weighted by atomic mass is 16.6. The number of pyridine rings is 1. The smallest absolute Gasteiger partial charge is 0.274 e. The number of fused-ring (bicyclic) bond motifs is 1. The van der Waals surface area contributed by atoms with Gasteiger partial charge in [0, 0.05) is 17.8 Å². The first-order valence-corrected chi connectivity index (χ1v) is 10.3. The molecule has 0 saturated heterocycles. The third-order valence-corrected chi connectivity index (χ3v) is 5.13. The van der Waals surface area contributed by atoms with E-state index in [-0.39, 0.29) is 12.0 Å². The fraction of sp³-hybridized carbons (Fsp3) is 0.167. The van der Waals surface area contributed by atoms with Gasteiger partial charge in [0.15, 0.2) is 11.9 Å².